The van der Waals surface area contributed by atoms with Crippen molar-refractivity contribution in [2.24, 2.45) is 5.92 Å². The van der Waals surface area contributed by atoms with E-state index in [2.05, 4.69) is 5.32 Å². The molecule has 2 aromatic rings. The van der Waals surface area contributed by atoms with Crippen molar-refractivity contribution in [1.29, 1.82) is 0 Å². The fourth-order valence-electron chi connectivity index (χ4n) is 1.71. The Labute approximate surface area is 120 Å². The molecular weight excluding hydrogens is 284 g/mol. The maximum atomic E-state index is 12.1. The minimum atomic E-state index is -0.227. The molecule has 0 aliphatic carbocycles. The Morgan fingerprint density at radius 3 is 2.95 bits per heavy atom. The van der Waals surface area contributed by atoms with Crippen molar-refractivity contribution in [3.05, 3.63) is 28.1 Å². The number of thiophene rings is 1. The summed E-state index contributed by atoms with van der Waals surface area (Å²) in [5.74, 6) is -0.210. The molecule has 1 unspecified atom stereocenters. The van der Waals surface area contributed by atoms with Gasteiger partial charge in [0.2, 0.25) is 0 Å². The van der Waals surface area contributed by atoms with Crippen molar-refractivity contribution in [1.82, 2.24) is 5.32 Å². The topological polar surface area (TPSA) is 75.3 Å². The summed E-state index contributed by atoms with van der Waals surface area (Å²) >= 11 is 7.41. The van der Waals surface area contributed by atoms with Crippen LogP contribution in [0.25, 0.3) is 10.1 Å². The Bertz CT molecular complexity index is 612. The number of nitrogen functional groups attached to an aromatic ring is 1. The molecule has 1 heterocycles. The number of amides is 1. The number of hydrogen-bond donors (Lipinski definition) is 3. The minimum Gasteiger partial charge on any atom is -0.397 e. The normalized spacial score (nSPS) is 12.6. The zero-order valence-electron chi connectivity index (χ0n) is 10.4. The van der Waals surface area contributed by atoms with Crippen LogP contribution < -0.4 is 11.1 Å². The fourth-order valence-corrected chi connectivity index (χ4v) is 3.11. The molecule has 1 atom stereocenters. The van der Waals surface area contributed by atoms with Crippen molar-refractivity contribution < 1.29 is 9.90 Å². The average Bonchev–Trinajstić information content (AvgIpc) is 2.74. The second-order valence-electron chi connectivity index (χ2n) is 4.46. The summed E-state index contributed by atoms with van der Waals surface area (Å²) in [5.41, 5.74) is 6.41. The quantitative estimate of drug-likeness (QED) is 0.812. The Morgan fingerprint density at radius 1 is 1.58 bits per heavy atom. The number of carbonyl (C=O) groups excluding carboxylic acids is 1. The van der Waals surface area contributed by atoms with Crippen LogP contribution in [0.1, 0.15) is 16.6 Å². The first-order chi connectivity index (χ1) is 9.04. The lowest BCUT2D eigenvalue weighted by atomic mass is 10.2. The van der Waals surface area contributed by atoms with E-state index in [1.807, 2.05) is 19.1 Å². The molecule has 1 amide bonds. The van der Waals surface area contributed by atoms with E-state index in [4.69, 9.17) is 22.4 Å². The molecule has 0 fully saturated rings. The zero-order valence-corrected chi connectivity index (χ0v) is 12.0. The summed E-state index contributed by atoms with van der Waals surface area (Å²) in [7, 11) is 0. The third-order valence-corrected chi connectivity index (χ3v) is 4.31. The van der Waals surface area contributed by atoms with E-state index >= 15 is 0 Å². The second-order valence-corrected chi connectivity index (χ2v) is 5.92. The van der Waals surface area contributed by atoms with Crippen LogP contribution in [0.15, 0.2) is 18.2 Å². The highest BCUT2D eigenvalue weighted by Crippen LogP contribution is 2.37. The number of aliphatic hydroxyl groups excluding tert-OH is 1. The van der Waals surface area contributed by atoms with E-state index < -0.39 is 0 Å². The molecule has 0 radical (unpaired) electrons. The first-order valence-electron chi connectivity index (χ1n) is 5.90. The van der Waals surface area contributed by atoms with Gasteiger partial charge in [0, 0.05) is 23.2 Å². The van der Waals surface area contributed by atoms with Gasteiger partial charge in [-0.05, 0) is 18.1 Å². The highest BCUT2D eigenvalue weighted by Gasteiger charge is 2.18. The van der Waals surface area contributed by atoms with Crippen LogP contribution in [0.4, 0.5) is 5.69 Å². The van der Waals surface area contributed by atoms with Gasteiger partial charge in [0.1, 0.15) is 4.88 Å². The molecule has 2 rings (SSSR count). The molecule has 0 saturated heterocycles. The Balaban J connectivity index is 2.28. The van der Waals surface area contributed by atoms with Crippen LogP contribution in [0, 0.1) is 5.92 Å². The molecular formula is C13H15ClN2O2S. The standard InChI is InChI=1S/C13H15ClN2O2S/c1-7(6-17)5-16-13(18)12-11(15)10-8(14)3-2-4-9(10)19-12/h2-4,7,17H,5-6,15H2,1H3,(H,16,18). The van der Waals surface area contributed by atoms with Gasteiger partial charge in [-0.2, -0.15) is 0 Å². The molecule has 1 aromatic heterocycles. The molecule has 6 heteroatoms. The SMILES string of the molecule is CC(CO)CNC(=O)c1sc2cccc(Cl)c2c1N. The van der Waals surface area contributed by atoms with Gasteiger partial charge in [-0.15, -0.1) is 11.3 Å². The van der Waals surface area contributed by atoms with Crippen LogP contribution in [0.3, 0.4) is 0 Å². The summed E-state index contributed by atoms with van der Waals surface area (Å²) < 4.78 is 0.894. The minimum absolute atomic E-state index is 0.0168. The van der Waals surface area contributed by atoms with Crippen molar-refractivity contribution in [3.8, 4) is 0 Å². The van der Waals surface area contributed by atoms with Gasteiger partial charge >= 0.3 is 0 Å². The maximum absolute atomic E-state index is 12.1. The van der Waals surface area contributed by atoms with Gasteiger partial charge in [-0.3, -0.25) is 4.79 Å². The number of anilines is 1. The number of nitrogens with two attached hydrogens (primary N) is 1. The number of nitrogens with one attached hydrogen (secondary N) is 1. The van der Waals surface area contributed by atoms with E-state index in [9.17, 15) is 4.79 Å². The molecule has 0 aliphatic heterocycles. The fraction of sp³-hybridized carbons (Fsp3) is 0.308. The van der Waals surface area contributed by atoms with Crippen LogP contribution >= 0.6 is 22.9 Å². The molecule has 0 aliphatic rings. The Kier molecular flexibility index (Phi) is 4.29. The summed E-state index contributed by atoms with van der Waals surface area (Å²) in [5, 5.41) is 13.0. The predicted molar refractivity (Wildman–Crippen MR) is 79.8 cm³/mol. The monoisotopic (exact) mass is 298 g/mol. The summed E-state index contributed by atoms with van der Waals surface area (Å²) in [6.45, 7) is 2.30. The number of fused-ring (bicyclic) bond motifs is 1. The molecule has 4 nitrogen and oxygen atoms in total. The van der Waals surface area contributed by atoms with Gasteiger partial charge in [0.25, 0.3) is 5.91 Å². The zero-order chi connectivity index (χ0) is 14.0. The van der Waals surface area contributed by atoms with Gasteiger partial charge in [-0.1, -0.05) is 24.6 Å². The number of hydrogen-bond acceptors (Lipinski definition) is 4. The molecule has 0 bridgehead atoms. The Hall–Kier alpha value is -1.30. The summed E-state index contributed by atoms with van der Waals surface area (Å²) in [4.78, 5) is 12.5. The van der Waals surface area contributed by atoms with Crippen LogP contribution in [-0.4, -0.2) is 24.2 Å². The van der Waals surface area contributed by atoms with Gasteiger partial charge in [0.15, 0.2) is 0 Å². The first-order valence-corrected chi connectivity index (χ1v) is 7.09. The first kappa shape index (κ1) is 14.1. The highest BCUT2D eigenvalue weighted by molar-refractivity contribution is 7.21. The van der Waals surface area contributed by atoms with Crippen LogP contribution in [-0.2, 0) is 0 Å². The van der Waals surface area contributed by atoms with Crippen molar-refractivity contribution in [2.45, 2.75) is 6.92 Å². The molecule has 0 spiro atoms. The largest absolute Gasteiger partial charge is 0.397 e. The van der Waals surface area contributed by atoms with E-state index in [1.54, 1.807) is 6.07 Å². The van der Waals surface area contributed by atoms with E-state index in [0.29, 0.717) is 22.1 Å². The number of benzene rings is 1. The van der Waals surface area contributed by atoms with Gasteiger partial charge < -0.3 is 16.2 Å². The average molecular weight is 299 g/mol. The maximum Gasteiger partial charge on any atom is 0.263 e. The van der Waals surface area contributed by atoms with Crippen molar-refractivity contribution >= 4 is 44.6 Å². The number of rotatable bonds is 4. The highest BCUT2D eigenvalue weighted by atomic mass is 35.5. The molecule has 19 heavy (non-hydrogen) atoms. The summed E-state index contributed by atoms with van der Waals surface area (Å²) in [6.07, 6.45) is 0. The lowest BCUT2D eigenvalue weighted by Crippen LogP contribution is -2.29. The van der Waals surface area contributed by atoms with Crippen LogP contribution in [0.2, 0.25) is 5.02 Å². The van der Waals surface area contributed by atoms with Crippen molar-refractivity contribution in [3.63, 3.8) is 0 Å². The lowest BCUT2D eigenvalue weighted by Gasteiger charge is -2.08. The third-order valence-electron chi connectivity index (χ3n) is 2.83. The number of carbonyl (C=O) groups is 1. The predicted octanol–water partition coefficient (Wildman–Crippen LogP) is 2.50. The number of aliphatic hydroxyl groups is 1. The van der Waals surface area contributed by atoms with Crippen LogP contribution in [0.5, 0.6) is 0 Å². The number of halogens is 1. The molecule has 4 N–H and O–H groups in total. The molecule has 102 valence electrons. The van der Waals surface area contributed by atoms with E-state index in [1.165, 1.54) is 11.3 Å². The third kappa shape index (κ3) is 2.83. The smallest absolute Gasteiger partial charge is 0.263 e. The summed E-state index contributed by atoms with van der Waals surface area (Å²) in [6, 6.07) is 5.47. The molecule has 1 aromatic carbocycles. The van der Waals surface area contributed by atoms with Gasteiger partial charge in [-0.25, -0.2) is 0 Å². The second kappa shape index (κ2) is 5.77. The van der Waals surface area contributed by atoms with Crippen molar-refractivity contribution in [2.75, 3.05) is 18.9 Å². The van der Waals surface area contributed by atoms with Gasteiger partial charge in [0.05, 0.1) is 10.7 Å². The molecule has 0 saturated carbocycles. The Morgan fingerprint density at radius 2 is 2.32 bits per heavy atom. The van der Waals surface area contributed by atoms with E-state index in [-0.39, 0.29) is 18.4 Å². The lowest BCUT2D eigenvalue weighted by molar-refractivity contribution is 0.0947. The van der Waals surface area contributed by atoms with E-state index in [0.717, 1.165) is 10.1 Å².